The number of sulfonamides is 1. The van der Waals surface area contributed by atoms with Crippen LogP contribution in [-0.2, 0) is 10.0 Å². The van der Waals surface area contributed by atoms with Gasteiger partial charge in [0, 0.05) is 20.0 Å². The summed E-state index contributed by atoms with van der Waals surface area (Å²) in [6.45, 7) is -0.0137. The second-order valence-corrected chi connectivity index (χ2v) is 5.47. The first-order chi connectivity index (χ1) is 8.45. The largest absolute Gasteiger partial charge is 0.244 e. The van der Waals surface area contributed by atoms with E-state index in [0.29, 0.717) is 0 Å². The van der Waals surface area contributed by atoms with Crippen molar-refractivity contribution in [3.05, 3.63) is 29.6 Å². The lowest BCUT2D eigenvalue weighted by Gasteiger charge is -2.16. The monoisotopic (exact) mass is 267 g/mol. The van der Waals surface area contributed by atoms with Crippen LogP contribution in [0.3, 0.4) is 0 Å². The van der Waals surface area contributed by atoms with Gasteiger partial charge in [-0.25, -0.2) is 12.8 Å². The number of rotatable bonds is 4. The van der Waals surface area contributed by atoms with Crippen LogP contribution in [0.4, 0.5) is 4.39 Å². The average molecular weight is 267 g/mol. The van der Waals surface area contributed by atoms with Crippen molar-refractivity contribution in [1.29, 1.82) is 10.5 Å². The molecule has 0 saturated heterocycles. The molecule has 0 unspecified atom stereocenters. The Labute approximate surface area is 105 Å². The fraction of sp³-hybridized carbons (Fsp3) is 0.273. The highest BCUT2D eigenvalue weighted by Crippen LogP contribution is 2.21. The highest BCUT2D eigenvalue weighted by Gasteiger charge is 2.25. The Kier molecular flexibility index (Phi) is 4.38. The summed E-state index contributed by atoms with van der Waals surface area (Å²) < 4.78 is 38.4. The lowest BCUT2D eigenvalue weighted by molar-refractivity contribution is 0.475. The van der Waals surface area contributed by atoms with Crippen LogP contribution in [0.2, 0.25) is 0 Å². The Morgan fingerprint density at radius 2 is 2.06 bits per heavy atom. The molecule has 1 aromatic rings. The molecule has 0 spiro atoms. The smallest absolute Gasteiger partial charge is 0.207 e. The minimum Gasteiger partial charge on any atom is -0.207 e. The molecule has 0 radical (unpaired) electrons. The normalized spacial score (nSPS) is 10.9. The van der Waals surface area contributed by atoms with Crippen molar-refractivity contribution in [2.24, 2.45) is 0 Å². The summed E-state index contributed by atoms with van der Waals surface area (Å²) in [7, 11) is -2.68. The fourth-order valence-electron chi connectivity index (χ4n) is 1.32. The topological polar surface area (TPSA) is 85.0 Å². The van der Waals surface area contributed by atoms with Crippen LogP contribution in [0.15, 0.2) is 23.1 Å². The maximum atomic E-state index is 13.3. The van der Waals surface area contributed by atoms with Gasteiger partial charge < -0.3 is 0 Å². The van der Waals surface area contributed by atoms with Gasteiger partial charge in [-0.1, -0.05) is 6.07 Å². The maximum Gasteiger partial charge on any atom is 0.244 e. The minimum absolute atomic E-state index is 0.0137. The average Bonchev–Trinajstić information content (AvgIpc) is 2.35. The van der Waals surface area contributed by atoms with Crippen molar-refractivity contribution in [1.82, 2.24) is 4.31 Å². The number of benzene rings is 1. The summed E-state index contributed by atoms with van der Waals surface area (Å²) in [6.07, 6.45) is 0.0208. The van der Waals surface area contributed by atoms with Gasteiger partial charge in [0.05, 0.1) is 6.07 Å². The third-order valence-corrected chi connectivity index (χ3v) is 4.21. The van der Waals surface area contributed by atoms with Gasteiger partial charge >= 0.3 is 0 Å². The Balaban J connectivity index is 3.27. The van der Waals surface area contributed by atoms with Gasteiger partial charge in [-0.05, 0) is 12.1 Å². The van der Waals surface area contributed by atoms with Crippen LogP contribution in [-0.4, -0.2) is 26.3 Å². The molecule has 18 heavy (non-hydrogen) atoms. The van der Waals surface area contributed by atoms with E-state index in [1.54, 1.807) is 0 Å². The molecule has 0 aliphatic heterocycles. The Morgan fingerprint density at radius 3 is 2.61 bits per heavy atom. The molecule has 0 heterocycles. The first-order valence-corrected chi connectivity index (χ1v) is 6.41. The molecule has 5 nitrogen and oxygen atoms in total. The fourth-order valence-corrected chi connectivity index (χ4v) is 2.64. The molecule has 0 aromatic heterocycles. The van der Waals surface area contributed by atoms with Crippen LogP contribution in [0.5, 0.6) is 0 Å². The number of nitrogens with zero attached hydrogens (tertiary/aromatic N) is 3. The summed E-state index contributed by atoms with van der Waals surface area (Å²) in [5.74, 6) is -0.882. The number of halogens is 1. The standard InChI is InChI=1S/C11H10FN3O2S/c1-15(7-3-6-13)18(16,17)11-5-2-4-10(12)9(11)8-14/h2,4-5H,3,7H2,1H3. The molecule has 0 N–H and O–H groups in total. The van der Waals surface area contributed by atoms with Gasteiger partial charge in [-0.3, -0.25) is 0 Å². The number of hydrogen-bond acceptors (Lipinski definition) is 4. The molecule has 0 aliphatic rings. The maximum absolute atomic E-state index is 13.3. The molecule has 1 rings (SSSR count). The Morgan fingerprint density at radius 1 is 1.39 bits per heavy atom. The molecule has 0 bridgehead atoms. The molecular formula is C11H10FN3O2S. The van der Waals surface area contributed by atoms with E-state index in [2.05, 4.69) is 0 Å². The predicted octanol–water partition coefficient (Wildman–Crippen LogP) is 1.23. The van der Waals surface area contributed by atoms with E-state index in [0.717, 1.165) is 10.4 Å². The van der Waals surface area contributed by atoms with Gasteiger partial charge in [-0.2, -0.15) is 14.8 Å². The van der Waals surface area contributed by atoms with E-state index in [1.807, 2.05) is 6.07 Å². The highest BCUT2D eigenvalue weighted by molar-refractivity contribution is 7.89. The van der Waals surface area contributed by atoms with Crippen molar-refractivity contribution in [2.75, 3.05) is 13.6 Å². The molecule has 0 atom stereocenters. The van der Waals surface area contributed by atoms with Crippen LogP contribution in [0, 0.1) is 28.5 Å². The molecule has 0 amide bonds. The Bertz CT molecular complexity index is 629. The van der Waals surface area contributed by atoms with Crippen molar-refractivity contribution >= 4 is 10.0 Å². The summed E-state index contributed by atoms with van der Waals surface area (Å²) >= 11 is 0. The van der Waals surface area contributed by atoms with Gasteiger partial charge in [0.1, 0.15) is 22.3 Å². The van der Waals surface area contributed by atoms with Gasteiger partial charge in [0.15, 0.2) is 0 Å². The third-order valence-electron chi connectivity index (χ3n) is 2.31. The van der Waals surface area contributed by atoms with Crippen LogP contribution in [0.25, 0.3) is 0 Å². The van der Waals surface area contributed by atoms with E-state index in [9.17, 15) is 12.8 Å². The van der Waals surface area contributed by atoms with Crippen LogP contribution in [0.1, 0.15) is 12.0 Å². The minimum atomic E-state index is -3.96. The predicted molar refractivity (Wildman–Crippen MR) is 61.2 cm³/mol. The molecule has 1 aromatic carbocycles. The van der Waals surface area contributed by atoms with Crippen LogP contribution >= 0.6 is 0 Å². The first-order valence-electron chi connectivity index (χ1n) is 4.97. The van der Waals surface area contributed by atoms with Crippen molar-refractivity contribution in [3.63, 3.8) is 0 Å². The molecular weight excluding hydrogens is 257 g/mol. The number of hydrogen-bond donors (Lipinski definition) is 0. The van der Waals surface area contributed by atoms with Crippen LogP contribution < -0.4 is 0 Å². The van der Waals surface area contributed by atoms with Crippen molar-refractivity contribution in [2.45, 2.75) is 11.3 Å². The zero-order chi connectivity index (χ0) is 13.8. The summed E-state index contributed by atoms with van der Waals surface area (Å²) in [5.41, 5.74) is -0.513. The van der Waals surface area contributed by atoms with Crippen molar-refractivity contribution in [3.8, 4) is 12.1 Å². The van der Waals surface area contributed by atoms with Gasteiger partial charge in [0.25, 0.3) is 0 Å². The van der Waals surface area contributed by atoms with E-state index in [4.69, 9.17) is 10.5 Å². The summed E-state index contributed by atoms with van der Waals surface area (Å²) in [5, 5.41) is 17.2. The zero-order valence-electron chi connectivity index (χ0n) is 9.59. The molecule has 94 valence electrons. The van der Waals surface area contributed by atoms with E-state index in [-0.39, 0.29) is 17.9 Å². The summed E-state index contributed by atoms with van der Waals surface area (Å²) in [4.78, 5) is -0.384. The quantitative estimate of drug-likeness (QED) is 0.821. The highest BCUT2D eigenvalue weighted by atomic mass is 32.2. The third kappa shape index (κ3) is 2.65. The lowest BCUT2D eigenvalue weighted by Crippen LogP contribution is -2.28. The van der Waals surface area contributed by atoms with Gasteiger partial charge in [0.2, 0.25) is 10.0 Å². The SMILES string of the molecule is CN(CCC#N)S(=O)(=O)c1cccc(F)c1C#N. The first kappa shape index (κ1) is 14.1. The summed E-state index contributed by atoms with van der Waals surface area (Å²) in [6, 6.07) is 6.76. The van der Waals surface area contributed by atoms with E-state index < -0.39 is 21.4 Å². The molecule has 0 aliphatic carbocycles. The molecule has 7 heteroatoms. The second kappa shape index (κ2) is 5.58. The van der Waals surface area contributed by atoms with Gasteiger partial charge in [-0.15, -0.1) is 0 Å². The lowest BCUT2D eigenvalue weighted by atomic mass is 10.2. The van der Waals surface area contributed by atoms with E-state index in [1.165, 1.54) is 25.2 Å². The second-order valence-electron chi connectivity index (χ2n) is 3.46. The zero-order valence-corrected chi connectivity index (χ0v) is 10.4. The van der Waals surface area contributed by atoms with E-state index >= 15 is 0 Å². The van der Waals surface area contributed by atoms with Crippen molar-refractivity contribution < 1.29 is 12.8 Å². The Hall–Kier alpha value is -1.96. The number of nitriles is 2. The molecule has 0 fully saturated rings. The molecule has 0 saturated carbocycles.